The van der Waals surface area contributed by atoms with E-state index in [1.165, 1.54) is 5.69 Å². The maximum absolute atomic E-state index is 11.9. The molecule has 0 bridgehead atoms. The normalized spacial score (nSPS) is 23.5. The second-order valence-electron chi connectivity index (χ2n) is 6.37. The minimum Gasteiger partial charge on any atom is -0.293 e. The molecule has 7 heteroatoms. The fourth-order valence-electron chi connectivity index (χ4n) is 2.89. The lowest BCUT2D eigenvalue weighted by atomic mass is 10.1. The van der Waals surface area contributed by atoms with Crippen LogP contribution in [0.25, 0.3) is 0 Å². The molecule has 2 aliphatic rings. The fourth-order valence-corrected chi connectivity index (χ4v) is 4.28. The van der Waals surface area contributed by atoms with Crippen molar-refractivity contribution < 1.29 is 8.42 Å². The van der Waals surface area contributed by atoms with E-state index in [0.717, 1.165) is 32.4 Å². The first kappa shape index (κ1) is 15.0. The van der Waals surface area contributed by atoms with Crippen molar-refractivity contribution in [2.24, 2.45) is 0 Å². The van der Waals surface area contributed by atoms with Crippen LogP contribution in [-0.2, 0) is 16.6 Å². The van der Waals surface area contributed by atoms with Gasteiger partial charge in [-0.3, -0.25) is 9.58 Å². The summed E-state index contributed by atoms with van der Waals surface area (Å²) in [5, 5.41) is 4.26. The van der Waals surface area contributed by atoms with Crippen LogP contribution in [0.3, 0.4) is 0 Å². The number of rotatable bonds is 6. The third-order valence-corrected chi connectivity index (χ3v) is 6.34. The highest BCUT2D eigenvalue weighted by molar-refractivity contribution is 7.90. The summed E-state index contributed by atoms with van der Waals surface area (Å²) in [7, 11) is -3.08. The van der Waals surface area contributed by atoms with Gasteiger partial charge in [0.2, 0.25) is 10.0 Å². The predicted octanol–water partition coefficient (Wildman–Crippen LogP) is 1.12. The Morgan fingerprint density at radius 2 is 2.19 bits per heavy atom. The van der Waals surface area contributed by atoms with Crippen LogP contribution in [0.1, 0.15) is 44.8 Å². The van der Waals surface area contributed by atoms with Gasteiger partial charge in [-0.25, -0.2) is 13.1 Å². The first-order valence-corrected chi connectivity index (χ1v) is 9.27. The SMILES string of the molecule is CC(C)N1Cc2ccnn2[C@@H](CCNS(=O)(=O)C2CC2)C1. The maximum Gasteiger partial charge on any atom is 0.214 e. The van der Waals surface area contributed by atoms with E-state index < -0.39 is 10.0 Å². The summed E-state index contributed by atoms with van der Waals surface area (Å²) in [5.74, 6) is 0. The molecular weight excluding hydrogens is 288 g/mol. The van der Waals surface area contributed by atoms with Crippen LogP contribution in [0.4, 0.5) is 0 Å². The quantitative estimate of drug-likeness (QED) is 0.855. The molecule has 1 aromatic heterocycles. The third kappa shape index (κ3) is 3.30. The molecule has 1 fully saturated rings. The van der Waals surface area contributed by atoms with E-state index in [2.05, 4.69) is 39.3 Å². The Kier molecular flexibility index (Phi) is 4.07. The summed E-state index contributed by atoms with van der Waals surface area (Å²) in [6.45, 7) is 6.73. The molecule has 1 N–H and O–H groups in total. The smallest absolute Gasteiger partial charge is 0.214 e. The first-order chi connectivity index (χ1) is 9.97. The van der Waals surface area contributed by atoms with Crippen LogP contribution in [0.2, 0.25) is 0 Å². The summed E-state index contributed by atoms with van der Waals surface area (Å²) in [5.41, 5.74) is 1.21. The number of nitrogens with one attached hydrogen (secondary N) is 1. The molecule has 0 saturated heterocycles. The number of sulfonamides is 1. The van der Waals surface area contributed by atoms with Crippen LogP contribution in [0, 0.1) is 0 Å². The molecule has 0 spiro atoms. The minimum absolute atomic E-state index is 0.142. The Balaban J connectivity index is 1.62. The zero-order chi connectivity index (χ0) is 15.0. The van der Waals surface area contributed by atoms with Gasteiger partial charge < -0.3 is 0 Å². The van der Waals surface area contributed by atoms with E-state index >= 15 is 0 Å². The largest absolute Gasteiger partial charge is 0.293 e. The molecule has 1 aliphatic carbocycles. The van der Waals surface area contributed by atoms with Crippen LogP contribution >= 0.6 is 0 Å². The summed E-state index contributed by atoms with van der Waals surface area (Å²) >= 11 is 0. The van der Waals surface area contributed by atoms with Gasteiger partial charge in [0.1, 0.15) is 0 Å². The summed E-state index contributed by atoms with van der Waals surface area (Å²) in [6.07, 6.45) is 4.23. The molecule has 118 valence electrons. The van der Waals surface area contributed by atoms with Gasteiger partial charge in [0.05, 0.1) is 17.0 Å². The van der Waals surface area contributed by atoms with Crippen molar-refractivity contribution in [2.45, 2.75) is 57.0 Å². The van der Waals surface area contributed by atoms with E-state index in [0.29, 0.717) is 12.6 Å². The van der Waals surface area contributed by atoms with Crippen LogP contribution < -0.4 is 4.72 Å². The summed E-state index contributed by atoms with van der Waals surface area (Å²) in [6, 6.07) is 2.78. The van der Waals surface area contributed by atoms with Crippen molar-refractivity contribution in [3.63, 3.8) is 0 Å². The fraction of sp³-hybridized carbons (Fsp3) is 0.786. The van der Waals surface area contributed by atoms with Gasteiger partial charge in [0, 0.05) is 31.9 Å². The molecule has 0 amide bonds. The van der Waals surface area contributed by atoms with Crippen LogP contribution in [-0.4, -0.2) is 47.5 Å². The monoisotopic (exact) mass is 312 g/mol. The van der Waals surface area contributed by atoms with E-state index in [1.54, 1.807) is 0 Å². The molecule has 0 aromatic carbocycles. The average Bonchev–Trinajstić information content (AvgIpc) is 3.18. The maximum atomic E-state index is 11.9. The third-order valence-electron chi connectivity index (χ3n) is 4.38. The number of fused-ring (bicyclic) bond motifs is 1. The highest BCUT2D eigenvalue weighted by Crippen LogP contribution is 2.28. The molecule has 21 heavy (non-hydrogen) atoms. The average molecular weight is 312 g/mol. The molecule has 0 unspecified atom stereocenters. The second-order valence-corrected chi connectivity index (χ2v) is 8.42. The highest BCUT2D eigenvalue weighted by atomic mass is 32.2. The van der Waals surface area contributed by atoms with E-state index in [4.69, 9.17) is 0 Å². The summed E-state index contributed by atoms with van der Waals surface area (Å²) < 4.78 is 28.5. The van der Waals surface area contributed by atoms with Gasteiger partial charge in [-0.05, 0) is 39.2 Å². The van der Waals surface area contributed by atoms with Crippen molar-refractivity contribution in [3.8, 4) is 0 Å². The van der Waals surface area contributed by atoms with E-state index in [9.17, 15) is 8.42 Å². The van der Waals surface area contributed by atoms with E-state index in [-0.39, 0.29) is 11.3 Å². The second kappa shape index (κ2) is 5.70. The van der Waals surface area contributed by atoms with Crippen LogP contribution in [0.5, 0.6) is 0 Å². The number of hydrogen-bond acceptors (Lipinski definition) is 4. The molecule has 6 nitrogen and oxygen atoms in total. The molecule has 1 aromatic rings. The Morgan fingerprint density at radius 3 is 2.86 bits per heavy atom. The molecular formula is C14H24N4O2S. The van der Waals surface area contributed by atoms with Crippen LogP contribution in [0.15, 0.2) is 12.3 Å². The van der Waals surface area contributed by atoms with Crippen molar-refractivity contribution in [3.05, 3.63) is 18.0 Å². The molecule has 2 heterocycles. The van der Waals surface area contributed by atoms with E-state index in [1.807, 2.05) is 6.20 Å². The summed E-state index contributed by atoms with van der Waals surface area (Å²) in [4.78, 5) is 2.41. The molecule has 1 atom stereocenters. The van der Waals surface area contributed by atoms with Crippen molar-refractivity contribution in [1.82, 2.24) is 19.4 Å². The van der Waals surface area contributed by atoms with Gasteiger partial charge in [-0.15, -0.1) is 0 Å². The standard InChI is InChI=1S/C14H24N4O2S/c1-11(2)17-9-12-5-7-15-18(12)13(10-17)6-8-16-21(19,20)14-3-4-14/h5,7,11,13-14,16H,3-4,6,8-10H2,1-2H3/t13-/m0/s1. The molecule has 0 radical (unpaired) electrons. The van der Waals surface area contributed by atoms with Crippen molar-refractivity contribution >= 4 is 10.0 Å². The Morgan fingerprint density at radius 1 is 1.43 bits per heavy atom. The zero-order valence-electron chi connectivity index (χ0n) is 12.7. The predicted molar refractivity (Wildman–Crippen MR) is 81.4 cm³/mol. The molecule has 1 aliphatic heterocycles. The topological polar surface area (TPSA) is 67.2 Å². The van der Waals surface area contributed by atoms with Gasteiger partial charge in [0.25, 0.3) is 0 Å². The lowest BCUT2D eigenvalue weighted by molar-refractivity contribution is 0.135. The molecule has 1 saturated carbocycles. The Labute approximate surface area is 126 Å². The minimum atomic E-state index is -3.08. The Bertz CT molecular complexity index is 592. The number of hydrogen-bond donors (Lipinski definition) is 1. The van der Waals surface area contributed by atoms with Gasteiger partial charge >= 0.3 is 0 Å². The number of aromatic nitrogens is 2. The highest BCUT2D eigenvalue weighted by Gasteiger charge is 2.35. The van der Waals surface area contributed by atoms with Crippen molar-refractivity contribution in [2.75, 3.05) is 13.1 Å². The molecule has 3 rings (SSSR count). The van der Waals surface area contributed by atoms with Gasteiger partial charge in [-0.2, -0.15) is 5.10 Å². The lowest BCUT2D eigenvalue weighted by Gasteiger charge is -2.36. The first-order valence-electron chi connectivity index (χ1n) is 7.72. The Hall–Kier alpha value is -0.920. The zero-order valence-corrected chi connectivity index (χ0v) is 13.5. The van der Waals surface area contributed by atoms with Gasteiger partial charge in [0.15, 0.2) is 0 Å². The van der Waals surface area contributed by atoms with Gasteiger partial charge in [-0.1, -0.05) is 0 Å². The number of nitrogens with zero attached hydrogens (tertiary/aromatic N) is 3. The van der Waals surface area contributed by atoms with Crippen molar-refractivity contribution in [1.29, 1.82) is 0 Å². The lowest BCUT2D eigenvalue weighted by Crippen LogP contribution is -2.42.